The van der Waals surface area contributed by atoms with Crippen molar-refractivity contribution in [3.8, 4) is 0 Å². The summed E-state index contributed by atoms with van der Waals surface area (Å²) in [6.07, 6.45) is 2.69. The van der Waals surface area contributed by atoms with Crippen LogP contribution in [0.1, 0.15) is 19.8 Å². The molecule has 0 aliphatic carbocycles. The Bertz CT molecular complexity index is 92.9. The molecule has 1 nitrogen and oxygen atoms in total. The Hall–Kier alpha value is 0.310. The van der Waals surface area contributed by atoms with Gasteiger partial charge >= 0.3 is 0 Å². The number of hydrogen-bond acceptors (Lipinski definition) is 2. The first kappa shape index (κ1) is 7.42. The molecule has 0 radical (unpaired) electrons. The van der Waals surface area contributed by atoms with Crippen molar-refractivity contribution in [2.24, 2.45) is 0 Å². The normalized spacial score (nSPS) is 33.0. The predicted molar refractivity (Wildman–Crippen MR) is 44.1 cm³/mol. The highest BCUT2D eigenvalue weighted by molar-refractivity contribution is 7.81. The third kappa shape index (κ3) is 1.62. The molecule has 1 rings (SSSR count). The lowest BCUT2D eigenvalue weighted by molar-refractivity contribution is 0.310. The quantitative estimate of drug-likeness (QED) is 0.546. The van der Waals surface area contributed by atoms with Gasteiger partial charge in [-0.25, -0.2) is 0 Å². The van der Waals surface area contributed by atoms with Gasteiger partial charge in [-0.2, -0.15) is 12.6 Å². The van der Waals surface area contributed by atoms with Crippen molar-refractivity contribution < 1.29 is 0 Å². The van der Waals surface area contributed by atoms with E-state index in [0.29, 0.717) is 5.25 Å². The van der Waals surface area contributed by atoms with Crippen molar-refractivity contribution >= 4 is 12.6 Å². The number of nitrogens with zero attached hydrogens (tertiary/aromatic N) is 1. The minimum atomic E-state index is 0.539. The third-order valence-corrected chi connectivity index (χ3v) is 2.48. The molecule has 0 saturated carbocycles. The summed E-state index contributed by atoms with van der Waals surface area (Å²) in [6.45, 7) is 3.44. The molecular formula is C7H15NS. The van der Waals surface area contributed by atoms with Gasteiger partial charge in [0.2, 0.25) is 0 Å². The Morgan fingerprint density at radius 1 is 1.67 bits per heavy atom. The van der Waals surface area contributed by atoms with E-state index in [4.69, 9.17) is 0 Å². The van der Waals surface area contributed by atoms with Gasteiger partial charge in [-0.15, -0.1) is 0 Å². The molecule has 0 aromatic rings. The Morgan fingerprint density at radius 3 is 2.56 bits per heavy atom. The van der Waals surface area contributed by atoms with Crippen LogP contribution in [0, 0.1) is 0 Å². The van der Waals surface area contributed by atoms with Crippen LogP contribution in [0.4, 0.5) is 0 Å². The second-order valence-corrected chi connectivity index (χ2v) is 3.75. The van der Waals surface area contributed by atoms with E-state index in [2.05, 4.69) is 31.5 Å². The van der Waals surface area contributed by atoms with Gasteiger partial charge in [-0.3, -0.25) is 0 Å². The second-order valence-electron chi connectivity index (χ2n) is 2.93. The lowest BCUT2D eigenvalue weighted by Gasteiger charge is -2.21. The average Bonchev–Trinajstić information content (AvgIpc) is 2.13. The van der Waals surface area contributed by atoms with Crippen molar-refractivity contribution in [3.63, 3.8) is 0 Å². The maximum Gasteiger partial charge on any atom is 0.0206 e. The molecule has 0 aromatic carbocycles. The smallest absolute Gasteiger partial charge is 0.0206 e. The lowest BCUT2D eigenvalue weighted by atomic mass is 10.2. The molecule has 0 amide bonds. The van der Waals surface area contributed by atoms with Gasteiger partial charge in [0.05, 0.1) is 0 Å². The number of hydrogen-bond donors (Lipinski definition) is 1. The molecule has 0 aromatic heterocycles. The fourth-order valence-electron chi connectivity index (χ4n) is 1.55. The van der Waals surface area contributed by atoms with Crippen LogP contribution in [0.3, 0.4) is 0 Å². The van der Waals surface area contributed by atoms with E-state index in [-0.39, 0.29) is 0 Å². The number of thiol groups is 1. The molecule has 1 heterocycles. The Balaban J connectivity index is 2.40. The highest BCUT2D eigenvalue weighted by atomic mass is 32.1. The molecule has 2 heteroatoms. The molecule has 9 heavy (non-hydrogen) atoms. The third-order valence-electron chi connectivity index (χ3n) is 2.13. The minimum Gasteiger partial charge on any atom is -0.302 e. The van der Waals surface area contributed by atoms with Crippen LogP contribution < -0.4 is 0 Å². The summed E-state index contributed by atoms with van der Waals surface area (Å²) in [6, 6.07) is 0.730. The van der Waals surface area contributed by atoms with E-state index in [9.17, 15) is 0 Å². The Labute approximate surface area is 62.8 Å². The van der Waals surface area contributed by atoms with E-state index in [0.717, 1.165) is 6.04 Å². The summed E-state index contributed by atoms with van der Waals surface area (Å²) in [5.41, 5.74) is 0. The Kier molecular flexibility index (Phi) is 2.42. The highest BCUT2D eigenvalue weighted by Crippen LogP contribution is 2.20. The monoisotopic (exact) mass is 145 g/mol. The van der Waals surface area contributed by atoms with Crippen LogP contribution in [-0.2, 0) is 0 Å². The summed E-state index contributed by atoms with van der Waals surface area (Å²) in [4.78, 5) is 2.40. The maximum atomic E-state index is 4.41. The molecule has 1 saturated heterocycles. The van der Waals surface area contributed by atoms with Crippen LogP contribution in [0.5, 0.6) is 0 Å². The van der Waals surface area contributed by atoms with E-state index in [1.54, 1.807) is 0 Å². The number of likely N-dealkylation sites (tertiary alicyclic amines) is 1. The largest absolute Gasteiger partial charge is 0.302 e. The van der Waals surface area contributed by atoms with Crippen LogP contribution in [0.25, 0.3) is 0 Å². The molecule has 0 spiro atoms. The summed E-state index contributed by atoms with van der Waals surface area (Å²) in [7, 11) is 2.18. The zero-order valence-corrected chi connectivity index (χ0v) is 7.06. The predicted octanol–water partition coefficient (Wildman–Crippen LogP) is 1.40. The van der Waals surface area contributed by atoms with Gasteiger partial charge in [-0.05, 0) is 26.4 Å². The molecule has 1 fully saturated rings. The number of rotatable bonds is 1. The van der Waals surface area contributed by atoms with Crippen molar-refractivity contribution in [3.05, 3.63) is 0 Å². The topological polar surface area (TPSA) is 3.24 Å². The van der Waals surface area contributed by atoms with E-state index in [1.807, 2.05) is 0 Å². The fourth-order valence-corrected chi connectivity index (χ4v) is 1.92. The highest BCUT2D eigenvalue weighted by Gasteiger charge is 2.23. The van der Waals surface area contributed by atoms with Gasteiger partial charge < -0.3 is 4.90 Å². The molecule has 0 N–H and O–H groups in total. The SMILES string of the molecule is CC(S)C1CCCN1C. The van der Waals surface area contributed by atoms with Crippen LogP contribution in [0.2, 0.25) is 0 Å². The molecule has 1 aliphatic rings. The van der Waals surface area contributed by atoms with Crippen molar-refractivity contribution in [1.82, 2.24) is 4.90 Å². The van der Waals surface area contributed by atoms with Crippen molar-refractivity contribution in [2.75, 3.05) is 13.6 Å². The standard InChI is InChI=1S/C7H15NS/c1-6(9)7-4-3-5-8(7)2/h6-7,9H,3-5H2,1-2H3. The first-order valence-corrected chi connectivity index (χ1v) is 4.12. The zero-order chi connectivity index (χ0) is 6.85. The van der Waals surface area contributed by atoms with E-state index < -0.39 is 0 Å². The summed E-state index contributed by atoms with van der Waals surface area (Å²) < 4.78 is 0. The average molecular weight is 145 g/mol. The van der Waals surface area contributed by atoms with Gasteiger partial charge in [0.25, 0.3) is 0 Å². The van der Waals surface area contributed by atoms with Crippen molar-refractivity contribution in [1.29, 1.82) is 0 Å². The zero-order valence-electron chi connectivity index (χ0n) is 6.17. The van der Waals surface area contributed by atoms with E-state index >= 15 is 0 Å². The van der Waals surface area contributed by atoms with Crippen molar-refractivity contribution in [2.45, 2.75) is 31.1 Å². The molecule has 2 unspecified atom stereocenters. The van der Waals surface area contributed by atoms with Gasteiger partial charge in [-0.1, -0.05) is 6.92 Å². The molecule has 2 atom stereocenters. The summed E-state index contributed by atoms with van der Waals surface area (Å²) >= 11 is 4.41. The fraction of sp³-hybridized carbons (Fsp3) is 1.00. The molecular weight excluding hydrogens is 130 g/mol. The van der Waals surface area contributed by atoms with Crippen LogP contribution in [0.15, 0.2) is 0 Å². The summed E-state index contributed by atoms with van der Waals surface area (Å²) in [5.74, 6) is 0. The van der Waals surface area contributed by atoms with Crippen LogP contribution >= 0.6 is 12.6 Å². The maximum absolute atomic E-state index is 4.41. The molecule has 1 aliphatic heterocycles. The van der Waals surface area contributed by atoms with Gasteiger partial charge in [0, 0.05) is 11.3 Å². The van der Waals surface area contributed by atoms with Crippen LogP contribution in [-0.4, -0.2) is 29.8 Å². The summed E-state index contributed by atoms with van der Waals surface area (Å²) in [5, 5.41) is 0.539. The Morgan fingerprint density at radius 2 is 2.33 bits per heavy atom. The molecule has 0 bridgehead atoms. The minimum absolute atomic E-state index is 0.539. The van der Waals surface area contributed by atoms with Gasteiger partial charge in [0.15, 0.2) is 0 Å². The van der Waals surface area contributed by atoms with Gasteiger partial charge in [0.1, 0.15) is 0 Å². The lowest BCUT2D eigenvalue weighted by Crippen LogP contribution is -2.31. The molecule has 54 valence electrons. The first-order chi connectivity index (χ1) is 4.22. The second kappa shape index (κ2) is 2.93. The van der Waals surface area contributed by atoms with E-state index in [1.165, 1.54) is 19.4 Å². The first-order valence-electron chi connectivity index (χ1n) is 3.60.